The predicted octanol–water partition coefficient (Wildman–Crippen LogP) is 3.45. The number of hydrogen-bond donors (Lipinski definition) is 0. The Bertz CT molecular complexity index is 896. The first-order valence-electron chi connectivity index (χ1n) is 11.6. The molecule has 2 heterocycles. The van der Waals surface area contributed by atoms with Crippen LogP contribution in [0.25, 0.3) is 0 Å². The molecule has 0 bridgehead atoms. The van der Waals surface area contributed by atoms with Gasteiger partial charge in [0.1, 0.15) is 6.10 Å². The Morgan fingerprint density at radius 1 is 1.00 bits per heavy atom. The molecule has 1 unspecified atom stereocenters. The standard InChI is InChI=1S/C26H35N3O3/c1-20(30)29-16-15-28(19-23(29)17-21-7-5-4-6-8-21)22-9-10-25(31-3)26(18-22)32-24-11-13-27(2)14-12-24/h4-10,18,23-24H,11-17,19H2,1-3H3. The Morgan fingerprint density at radius 2 is 1.75 bits per heavy atom. The molecule has 32 heavy (non-hydrogen) atoms. The van der Waals surface area contributed by atoms with Gasteiger partial charge in [-0.15, -0.1) is 0 Å². The summed E-state index contributed by atoms with van der Waals surface area (Å²) in [6.45, 7) is 6.12. The molecule has 4 rings (SSSR count). The summed E-state index contributed by atoms with van der Waals surface area (Å²) in [5, 5.41) is 0. The van der Waals surface area contributed by atoms with E-state index < -0.39 is 0 Å². The Labute approximate surface area is 191 Å². The van der Waals surface area contributed by atoms with Crippen molar-refractivity contribution in [1.82, 2.24) is 9.80 Å². The van der Waals surface area contributed by atoms with E-state index >= 15 is 0 Å². The summed E-state index contributed by atoms with van der Waals surface area (Å²) in [6.07, 6.45) is 3.13. The highest BCUT2D eigenvalue weighted by Gasteiger charge is 2.29. The molecule has 2 aliphatic rings. The summed E-state index contributed by atoms with van der Waals surface area (Å²) in [4.78, 5) is 19.0. The lowest BCUT2D eigenvalue weighted by Crippen LogP contribution is -2.55. The second-order valence-electron chi connectivity index (χ2n) is 8.96. The van der Waals surface area contributed by atoms with Crippen molar-refractivity contribution in [2.75, 3.05) is 51.8 Å². The molecule has 0 N–H and O–H groups in total. The van der Waals surface area contributed by atoms with E-state index in [1.807, 2.05) is 17.0 Å². The minimum absolute atomic E-state index is 0.143. The highest BCUT2D eigenvalue weighted by Crippen LogP contribution is 2.34. The number of hydrogen-bond acceptors (Lipinski definition) is 5. The topological polar surface area (TPSA) is 45.3 Å². The molecule has 2 fully saturated rings. The Balaban J connectivity index is 1.51. The number of anilines is 1. The van der Waals surface area contributed by atoms with Crippen LogP contribution in [0, 0.1) is 0 Å². The van der Waals surface area contributed by atoms with Crippen molar-refractivity contribution in [3.8, 4) is 11.5 Å². The van der Waals surface area contributed by atoms with Gasteiger partial charge in [-0.1, -0.05) is 30.3 Å². The highest BCUT2D eigenvalue weighted by atomic mass is 16.5. The molecule has 6 heteroatoms. The van der Waals surface area contributed by atoms with Crippen LogP contribution in [-0.2, 0) is 11.2 Å². The number of piperazine rings is 1. The van der Waals surface area contributed by atoms with Gasteiger partial charge in [0, 0.05) is 51.4 Å². The van der Waals surface area contributed by atoms with E-state index in [4.69, 9.17) is 9.47 Å². The first-order valence-corrected chi connectivity index (χ1v) is 11.6. The molecule has 0 aromatic heterocycles. The molecule has 1 amide bonds. The maximum atomic E-state index is 12.3. The molecule has 172 valence electrons. The summed E-state index contributed by atoms with van der Waals surface area (Å²) < 4.78 is 12.0. The summed E-state index contributed by atoms with van der Waals surface area (Å²) in [5.41, 5.74) is 2.38. The number of benzene rings is 2. The zero-order chi connectivity index (χ0) is 22.5. The molecular formula is C26H35N3O3. The molecule has 0 radical (unpaired) electrons. The van der Waals surface area contributed by atoms with Crippen LogP contribution in [0.4, 0.5) is 5.69 Å². The number of nitrogens with zero attached hydrogens (tertiary/aromatic N) is 3. The molecule has 0 saturated carbocycles. The number of piperidine rings is 1. The third kappa shape index (κ3) is 5.36. The first kappa shape index (κ1) is 22.5. The van der Waals surface area contributed by atoms with Gasteiger partial charge in [-0.25, -0.2) is 0 Å². The van der Waals surface area contributed by atoms with Crippen molar-refractivity contribution in [2.45, 2.75) is 38.3 Å². The maximum Gasteiger partial charge on any atom is 0.219 e. The minimum Gasteiger partial charge on any atom is -0.493 e. The Kier molecular flexibility index (Phi) is 7.20. The van der Waals surface area contributed by atoms with Crippen LogP contribution in [0.1, 0.15) is 25.3 Å². The van der Waals surface area contributed by atoms with Crippen molar-refractivity contribution in [3.05, 3.63) is 54.1 Å². The van der Waals surface area contributed by atoms with E-state index in [2.05, 4.69) is 53.2 Å². The lowest BCUT2D eigenvalue weighted by atomic mass is 10.0. The second kappa shape index (κ2) is 10.3. The fraction of sp³-hybridized carbons (Fsp3) is 0.500. The van der Waals surface area contributed by atoms with Gasteiger partial charge >= 0.3 is 0 Å². The van der Waals surface area contributed by atoms with E-state index in [0.717, 1.165) is 69.2 Å². The minimum atomic E-state index is 0.143. The fourth-order valence-electron chi connectivity index (χ4n) is 4.80. The van der Waals surface area contributed by atoms with E-state index in [1.165, 1.54) is 5.56 Å². The van der Waals surface area contributed by atoms with E-state index in [-0.39, 0.29) is 18.1 Å². The van der Waals surface area contributed by atoms with E-state index in [1.54, 1.807) is 14.0 Å². The van der Waals surface area contributed by atoms with Gasteiger partial charge in [0.2, 0.25) is 5.91 Å². The summed E-state index contributed by atoms with van der Waals surface area (Å²) in [6, 6.07) is 16.8. The molecule has 0 aliphatic carbocycles. The van der Waals surface area contributed by atoms with Gasteiger partial charge in [-0.3, -0.25) is 4.79 Å². The van der Waals surface area contributed by atoms with Gasteiger partial charge in [-0.2, -0.15) is 0 Å². The van der Waals surface area contributed by atoms with Gasteiger partial charge in [-0.05, 0) is 44.0 Å². The van der Waals surface area contributed by atoms with Crippen LogP contribution < -0.4 is 14.4 Å². The number of methoxy groups -OCH3 is 1. The molecule has 2 saturated heterocycles. The van der Waals surface area contributed by atoms with Gasteiger partial charge in [0.05, 0.1) is 13.2 Å². The van der Waals surface area contributed by atoms with Crippen molar-refractivity contribution in [1.29, 1.82) is 0 Å². The van der Waals surface area contributed by atoms with Crippen molar-refractivity contribution in [3.63, 3.8) is 0 Å². The third-order valence-electron chi connectivity index (χ3n) is 6.67. The first-order chi connectivity index (χ1) is 15.5. The van der Waals surface area contributed by atoms with Crippen molar-refractivity contribution < 1.29 is 14.3 Å². The van der Waals surface area contributed by atoms with Crippen LogP contribution in [0.3, 0.4) is 0 Å². The lowest BCUT2D eigenvalue weighted by Gasteiger charge is -2.42. The molecular weight excluding hydrogens is 402 g/mol. The number of rotatable bonds is 6. The number of carbonyl (C=O) groups excluding carboxylic acids is 1. The van der Waals surface area contributed by atoms with Crippen LogP contribution in [0.5, 0.6) is 11.5 Å². The number of likely N-dealkylation sites (tertiary alicyclic amines) is 1. The van der Waals surface area contributed by atoms with Crippen LogP contribution in [-0.4, -0.2) is 74.7 Å². The van der Waals surface area contributed by atoms with Gasteiger partial charge < -0.3 is 24.2 Å². The normalized spacial score (nSPS) is 20.3. The zero-order valence-electron chi connectivity index (χ0n) is 19.5. The van der Waals surface area contributed by atoms with E-state index in [9.17, 15) is 4.79 Å². The van der Waals surface area contributed by atoms with Gasteiger partial charge in [0.25, 0.3) is 0 Å². The smallest absolute Gasteiger partial charge is 0.219 e. The highest BCUT2D eigenvalue weighted by molar-refractivity contribution is 5.74. The van der Waals surface area contributed by atoms with Crippen LogP contribution in [0.2, 0.25) is 0 Å². The van der Waals surface area contributed by atoms with Crippen LogP contribution >= 0.6 is 0 Å². The summed E-state index contributed by atoms with van der Waals surface area (Å²) in [5.74, 6) is 1.73. The lowest BCUT2D eigenvalue weighted by molar-refractivity contribution is -0.131. The summed E-state index contributed by atoms with van der Waals surface area (Å²) >= 11 is 0. The largest absolute Gasteiger partial charge is 0.493 e. The maximum absolute atomic E-state index is 12.3. The van der Waals surface area contributed by atoms with Crippen LogP contribution in [0.15, 0.2) is 48.5 Å². The Morgan fingerprint density at radius 3 is 2.44 bits per heavy atom. The van der Waals surface area contributed by atoms with Crippen molar-refractivity contribution in [2.24, 2.45) is 0 Å². The number of ether oxygens (including phenoxy) is 2. The zero-order valence-corrected chi connectivity index (χ0v) is 19.5. The SMILES string of the molecule is COc1ccc(N2CCN(C(C)=O)C(Cc3ccccc3)C2)cc1OC1CCN(C)CC1. The molecule has 6 nitrogen and oxygen atoms in total. The molecule has 1 atom stereocenters. The quantitative estimate of drug-likeness (QED) is 0.693. The van der Waals surface area contributed by atoms with Gasteiger partial charge in [0.15, 0.2) is 11.5 Å². The third-order valence-corrected chi connectivity index (χ3v) is 6.67. The fourth-order valence-corrected chi connectivity index (χ4v) is 4.80. The monoisotopic (exact) mass is 437 g/mol. The number of amides is 1. The predicted molar refractivity (Wildman–Crippen MR) is 128 cm³/mol. The molecule has 2 aromatic carbocycles. The molecule has 2 aliphatic heterocycles. The number of carbonyl (C=O) groups is 1. The molecule has 0 spiro atoms. The van der Waals surface area contributed by atoms with E-state index in [0.29, 0.717) is 0 Å². The average Bonchev–Trinajstić information content (AvgIpc) is 2.81. The second-order valence-corrected chi connectivity index (χ2v) is 8.96. The van der Waals surface area contributed by atoms with Crippen molar-refractivity contribution >= 4 is 11.6 Å². The molecule has 2 aromatic rings. The summed E-state index contributed by atoms with van der Waals surface area (Å²) in [7, 11) is 3.85. The average molecular weight is 438 g/mol. The Hall–Kier alpha value is -2.73.